The molecule has 26 heavy (non-hydrogen) atoms. The summed E-state index contributed by atoms with van der Waals surface area (Å²) in [5.41, 5.74) is 0. The van der Waals surface area contributed by atoms with Crippen LogP contribution in [0.4, 0.5) is 0 Å². The molecule has 0 heterocycles. The Morgan fingerprint density at radius 2 is 1.23 bits per heavy atom. The lowest BCUT2D eigenvalue weighted by atomic mass is 10.00. The van der Waals surface area contributed by atoms with E-state index < -0.39 is 8.25 Å². The molecule has 0 radical (unpaired) electrons. The van der Waals surface area contributed by atoms with Crippen molar-refractivity contribution in [2.24, 2.45) is 21.8 Å². The summed E-state index contributed by atoms with van der Waals surface area (Å²) in [6.07, 6.45) is 13.1. The number of rotatable bonds is 18. The molecule has 2 atom stereocenters. The molecule has 0 fully saturated rings. The van der Waals surface area contributed by atoms with Crippen molar-refractivity contribution in [3.63, 3.8) is 0 Å². The lowest BCUT2D eigenvalue weighted by molar-refractivity contribution is 0.274. The lowest BCUT2D eigenvalue weighted by Crippen LogP contribution is -2.04. The molecule has 5 nitrogen and oxygen atoms in total. The standard InChI is InChI=1S/C20H40N2O3P/c1-5-9-11-19(7-3)17-21-13-15-24-26(23)25-16-14-22-18-20(8-4)12-10-6-2/h13-14,19-20H,5-12,15-18H2,1-4H3/q+1. The van der Waals surface area contributed by atoms with Crippen LogP contribution in [0.2, 0.25) is 0 Å². The largest absolute Gasteiger partial charge is 0.698 e. The summed E-state index contributed by atoms with van der Waals surface area (Å²) in [4.78, 5) is 8.74. The first-order valence-corrected chi connectivity index (χ1v) is 11.5. The zero-order valence-electron chi connectivity index (χ0n) is 17.4. The van der Waals surface area contributed by atoms with Gasteiger partial charge in [-0.1, -0.05) is 66.2 Å². The van der Waals surface area contributed by atoms with Crippen molar-refractivity contribution in [2.45, 2.75) is 79.1 Å². The van der Waals surface area contributed by atoms with E-state index in [4.69, 9.17) is 9.05 Å². The van der Waals surface area contributed by atoms with E-state index in [0.29, 0.717) is 11.8 Å². The highest BCUT2D eigenvalue weighted by molar-refractivity contribution is 7.33. The number of hydrogen-bond acceptors (Lipinski definition) is 5. The third-order valence-electron chi connectivity index (χ3n) is 4.58. The predicted molar refractivity (Wildman–Crippen MR) is 113 cm³/mol. The summed E-state index contributed by atoms with van der Waals surface area (Å²) in [5.74, 6) is 1.27. The third-order valence-corrected chi connectivity index (χ3v) is 5.30. The number of hydrogen-bond donors (Lipinski definition) is 0. The molecule has 0 aliphatic rings. The van der Waals surface area contributed by atoms with Crippen LogP contribution in [0, 0.1) is 11.8 Å². The molecule has 152 valence electrons. The summed E-state index contributed by atoms with van der Waals surface area (Å²) in [7, 11) is -2.10. The molecule has 6 heteroatoms. The number of nitrogens with zero attached hydrogens (tertiary/aromatic N) is 2. The van der Waals surface area contributed by atoms with Crippen LogP contribution in [0.15, 0.2) is 9.98 Å². The molecule has 2 unspecified atom stereocenters. The first-order valence-electron chi connectivity index (χ1n) is 10.4. The Labute approximate surface area is 162 Å². The normalized spacial score (nSPS) is 15.0. The van der Waals surface area contributed by atoms with Gasteiger partial charge >= 0.3 is 8.25 Å². The second kappa shape index (κ2) is 19.1. The van der Waals surface area contributed by atoms with Crippen LogP contribution in [0.25, 0.3) is 0 Å². The maximum absolute atomic E-state index is 11.6. The molecule has 0 N–H and O–H groups in total. The SMILES string of the molecule is CCCCC(CC)CN=CCO[P+](=O)OCC=NCC(CC)CCCC. The molecule has 0 spiro atoms. The fourth-order valence-electron chi connectivity index (χ4n) is 2.61. The quantitative estimate of drug-likeness (QED) is 0.206. The zero-order valence-corrected chi connectivity index (χ0v) is 18.3. The van der Waals surface area contributed by atoms with E-state index in [9.17, 15) is 4.57 Å². The maximum atomic E-state index is 11.6. The van der Waals surface area contributed by atoms with Gasteiger partial charge < -0.3 is 0 Å². The van der Waals surface area contributed by atoms with E-state index in [2.05, 4.69) is 37.7 Å². The van der Waals surface area contributed by atoms with Gasteiger partial charge in [0.15, 0.2) is 0 Å². The van der Waals surface area contributed by atoms with Crippen LogP contribution >= 0.6 is 8.25 Å². The van der Waals surface area contributed by atoms with Gasteiger partial charge in [0.1, 0.15) is 13.2 Å². The first-order chi connectivity index (χ1) is 12.7. The Morgan fingerprint density at radius 3 is 1.58 bits per heavy atom. The molecule has 0 saturated carbocycles. The fraction of sp³-hybridized carbons (Fsp3) is 0.900. The van der Waals surface area contributed by atoms with Gasteiger partial charge in [0.05, 0.1) is 0 Å². The van der Waals surface area contributed by atoms with Crippen molar-refractivity contribution in [2.75, 3.05) is 26.3 Å². The smallest absolute Gasteiger partial charge is 0.295 e. The van der Waals surface area contributed by atoms with Crippen molar-refractivity contribution < 1.29 is 13.6 Å². The second-order valence-electron chi connectivity index (χ2n) is 6.74. The van der Waals surface area contributed by atoms with Gasteiger partial charge in [-0.2, -0.15) is 0 Å². The molecule has 0 aromatic carbocycles. The van der Waals surface area contributed by atoms with Gasteiger partial charge in [0, 0.05) is 30.1 Å². The van der Waals surface area contributed by atoms with E-state index >= 15 is 0 Å². The van der Waals surface area contributed by atoms with Crippen molar-refractivity contribution in [3.05, 3.63) is 0 Å². The molecule has 0 saturated heterocycles. The van der Waals surface area contributed by atoms with E-state index in [1.807, 2.05) is 0 Å². The van der Waals surface area contributed by atoms with Crippen LogP contribution < -0.4 is 0 Å². The molecule has 0 bridgehead atoms. The summed E-state index contributed by atoms with van der Waals surface area (Å²) in [6.45, 7) is 10.9. The van der Waals surface area contributed by atoms with Crippen LogP contribution in [-0.2, 0) is 13.6 Å². The van der Waals surface area contributed by atoms with Gasteiger partial charge in [-0.15, -0.1) is 9.05 Å². The lowest BCUT2D eigenvalue weighted by Gasteiger charge is -2.10. The Balaban J connectivity index is 3.76. The van der Waals surface area contributed by atoms with Gasteiger partial charge in [0.2, 0.25) is 0 Å². The molecule has 0 aliphatic carbocycles. The summed E-state index contributed by atoms with van der Waals surface area (Å²) >= 11 is 0. The van der Waals surface area contributed by atoms with Crippen LogP contribution in [0.3, 0.4) is 0 Å². The molecule has 0 rings (SSSR count). The average molecular weight is 388 g/mol. The Bertz CT molecular complexity index is 355. The van der Waals surface area contributed by atoms with Crippen LogP contribution in [-0.4, -0.2) is 38.7 Å². The van der Waals surface area contributed by atoms with Crippen molar-refractivity contribution in [1.29, 1.82) is 0 Å². The molecule has 0 aromatic heterocycles. The Kier molecular flexibility index (Phi) is 18.7. The van der Waals surface area contributed by atoms with E-state index in [-0.39, 0.29) is 13.2 Å². The van der Waals surface area contributed by atoms with Crippen LogP contribution in [0.1, 0.15) is 79.1 Å². The maximum Gasteiger partial charge on any atom is 0.698 e. The van der Waals surface area contributed by atoms with E-state index in [1.54, 1.807) is 12.4 Å². The number of unbranched alkanes of at least 4 members (excludes halogenated alkanes) is 2. The Morgan fingerprint density at radius 1 is 0.808 bits per heavy atom. The second-order valence-corrected chi connectivity index (χ2v) is 7.71. The van der Waals surface area contributed by atoms with E-state index in [1.165, 1.54) is 38.5 Å². The molecular weight excluding hydrogens is 347 g/mol. The van der Waals surface area contributed by atoms with E-state index in [0.717, 1.165) is 25.9 Å². The molecule has 0 aliphatic heterocycles. The minimum atomic E-state index is -2.10. The average Bonchev–Trinajstić information content (AvgIpc) is 2.66. The van der Waals surface area contributed by atoms with Gasteiger partial charge in [-0.05, 0) is 24.7 Å². The highest BCUT2D eigenvalue weighted by atomic mass is 31.1. The minimum absolute atomic E-state index is 0.228. The summed E-state index contributed by atoms with van der Waals surface area (Å²) in [6, 6.07) is 0. The van der Waals surface area contributed by atoms with Gasteiger partial charge in [-0.3, -0.25) is 9.98 Å². The van der Waals surface area contributed by atoms with Crippen LogP contribution in [0.5, 0.6) is 0 Å². The minimum Gasteiger partial charge on any atom is -0.295 e. The summed E-state index contributed by atoms with van der Waals surface area (Å²) < 4.78 is 21.8. The van der Waals surface area contributed by atoms with Gasteiger partial charge in [0.25, 0.3) is 0 Å². The van der Waals surface area contributed by atoms with Crippen molar-refractivity contribution >= 4 is 20.7 Å². The third kappa shape index (κ3) is 15.6. The monoisotopic (exact) mass is 387 g/mol. The molecule has 0 aromatic rings. The molecule has 0 amide bonds. The highest BCUT2D eigenvalue weighted by Crippen LogP contribution is 2.22. The Hall–Kier alpha value is -0.640. The number of aliphatic imine (C=N–C) groups is 2. The summed E-state index contributed by atoms with van der Waals surface area (Å²) in [5, 5.41) is 0. The topological polar surface area (TPSA) is 60.2 Å². The predicted octanol–water partition coefficient (Wildman–Crippen LogP) is 6.25. The van der Waals surface area contributed by atoms with Crippen molar-refractivity contribution in [3.8, 4) is 0 Å². The highest BCUT2D eigenvalue weighted by Gasteiger charge is 2.18. The first kappa shape index (κ1) is 25.4. The zero-order chi connectivity index (χ0) is 19.5. The van der Waals surface area contributed by atoms with Gasteiger partial charge in [-0.25, -0.2) is 0 Å². The molecular formula is C20H40N2O3P+. The fourth-order valence-corrected chi connectivity index (χ4v) is 3.06. The van der Waals surface area contributed by atoms with Crippen molar-refractivity contribution in [1.82, 2.24) is 0 Å².